The van der Waals surface area contributed by atoms with Gasteiger partial charge < -0.3 is 19.7 Å². The number of nitrogens with one attached hydrogen (secondary N) is 3. The van der Waals surface area contributed by atoms with Gasteiger partial charge in [-0.15, -0.1) is 0 Å². The number of amides is 3. The summed E-state index contributed by atoms with van der Waals surface area (Å²) in [4.78, 5) is 27.3. The highest BCUT2D eigenvalue weighted by atomic mass is 35.5. The van der Waals surface area contributed by atoms with Gasteiger partial charge in [-0.3, -0.25) is 5.32 Å². The quantitative estimate of drug-likeness (QED) is 0.154. The van der Waals surface area contributed by atoms with E-state index in [2.05, 4.69) is 15.4 Å². The van der Waals surface area contributed by atoms with E-state index in [-0.39, 0.29) is 48.2 Å². The van der Waals surface area contributed by atoms with E-state index in [9.17, 15) is 18.0 Å². The molecule has 13 heteroatoms. The minimum Gasteiger partial charge on any atom is -0.442 e. The summed E-state index contributed by atoms with van der Waals surface area (Å²) < 4.78 is 39.5. The molecule has 238 valence electrons. The molecule has 0 spiro atoms. The van der Waals surface area contributed by atoms with Crippen LogP contribution in [0.25, 0.3) is 0 Å². The number of urea groups is 1. The lowest BCUT2D eigenvalue weighted by atomic mass is 10.2. The minimum absolute atomic E-state index is 0.0263. The van der Waals surface area contributed by atoms with Gasteiger partial charge in [-0.2, -0.15) is 0 Å². The fourth-order valence-electron chi connectivity index (χ4n) is 4.09. The Morgan fingerprint density at radius 1 is 0.932 bits per heavy atom. The Labute approximate surface area is 269 Å². The Kier molecular flexibility index (Phi) is 14.2. The third kappa shape index (κ3) is 12.3. The lowest BCUT2D eigenvalue weighted by molar-refractivity contribution is 0.00628. The van der Waals surface area contributed by atoms with Crippen LogP contribution in [0.3, 0.4) is 0 Å². The largest absolute Gasteiger partial charge is 0.442 e. The van der Waals surface area contributed by atoms with E-state index >= 15 is 0 Å². The van der Waals surface area contributed by atoms with Crippen molar-refractivity contribution in [2.45, 2.75) is 50.3 Å². The summed E-state index contributed by atoms with van der Waals surface area (Å²) in [5.74, 6) is 0. The van der Waals surface area contributed by atoms with E-state index in [0.717, 1.165) is 5.56 Å². The van der Waals surface area contributed by atoms with Gasteiger partial charge >= 0.3 is 12.1 Å². The van der Waals surface area contributed by atoms with Crippen LogP contribution in [0.4, 0.5) is 15.3 Å². The van der Waals surface area contributed by atoms with Crippen molar-refractivity contribution in [1.29, 1.82) is 0 Å². The molecule has 3 aromatic carbocycles. The Morgan fingerprint density at radius 3 is 2.27 bits per heavy atom. The first-order chi connectivity index (χ1) is 21.0. The predicted octanol–water partition coefficient (Wildman–Crippen LogP) is 6.31. The standard InChI is InChI=1S/C31H38Cl2N4O6S/c1-23(2)35-30(38)37(18-10-9-17-34-44(40,41)29-16-15-25(32)19-28(29)33)20-27(22-42-21-24-11-5-3-6-12-24)43-31(39)36-26-13-7-4-8-14-26/h3-8,11-16,19,23,27,34H,9-10,17-18,20-22H2,1-2H3,(H,35,38)(H,36,39)/t27-/m1/s1. The zero-order chi connectivity index (χ0) is 32.0. The molecule has 0 radical (unpaired) electrons. The molecule has 44 heavy (non-hydrogen) atoms. The fourth-order valence-corrected chi connectivity index (χ4v) is 5.94. The number of ether oxygens (including phenoxy) is 2. The van der Waals surface area contributed by atoms with E-state index in [1.165, 1.54) is 23.1 Å². The number of halogens is 2. The van der Waals surface area contributed by atoms with Gasteiger partial charge in [-0.25, -0.2) is 22.7 Å². The highest BCUT2D eigenvalue weighted by molar-refractivity contribution is 7.89. The number of sulfonamides is 1. The average molecular weight is 666 g/mol. The van der Waals surface area contributed by atoms with Gasteiger partial charge in [-0.05, 0) is 62.6 Å². The minimum atomic E-state index is -3.85. The number of nitrogens with zero attached hydrogens (tertiary/aromatic N) is 1. The van der Waals surface area contributed by atoms with Gasteiger partial charge in [0.2, 0.25) is 10.0 Å². The van der Waals surface area contributed by atoms with Crippen molar-refractivity contribution in [3.05, 3.63) is 94.5 Å². The number of para-hydroxylation sites is 1. The van der Waals surface area contributed by atoms with Crippen molar-refractivity contribution in [3.8, 4) is 0 Å². The highest BCUT2D eigenvalue weighted by Gasteiger charge is 2.24. The lowest BCUT2D eigenvalue weighted by Crippen LogP contribution is -2.48. The Morgan fingerprint density at radius 2 is 1.61 bits per heavy atom. The van der Waals surface area contributed by atoms with Gasteiger partial charge in [-0.1, -0.05) is 71.7 Å². The van der Waals surface area contributed by atoms with Gasteiger partial charge in [0.25, 0.3) is 0 Å². The molecular formula is C31H38Cl2N4O6S. The van der Waals surface area contributed by atoms with Crippen LogP contribution in [0.15, 0.2) is 83.8 Å². The maximum atomic E-state index is 13.1. The molecule has 0 aliphatic heterocycles. The first kappa shape index (κ1) is 35.1. The van der Waals surface area contributed by atoms with Gasteiger partial charge in [0.1, 0.15) is 11.0 Å². The average Bonchev–Trinajstić information content (AvgIpc) is 2.96. The highest BCUT2D eigenvalue weighted by Crippen LogP contribution is 2.24. The number of hydrogen-bond donors (Lipinski definition) is 3. The molecule has 3 N–H and O–H groups in total. The third-order valence-corrected chi connectivity index (χ3v) is 8.34. The van der Waals surface area contributed by atoms with E-state index in [4.69, 9.17) is 32.7 Å². The second kappa shape index (κ2) is 17.8. The Bertz CT molecular complexity index is 1450. The zero-order valence-corrected chi connectivity index (χ0v) is 27.0. The van der Waals surface area contributed by atoms with E-state index in [0.29, 0.717) is 30.2 Å². The summed E-state index contributed by atoms with van der Waals surface area (Å²) in [7, 11) is -3.85. The van der Waals surface area contributed by atoms with Crippen LogP contribution < -0.4 is 15.4 Å². The molecule has 0 heterocycles. The van der Waals surface area contributed by atoms with Crippen LogP contribution in [0.1, 0.15) is 32.3 Å². The van der Waals surface area contributed by atoms with Crippen molar-refractivity contribution in [3.63, 3.8) is 0 Å². The molecular weight excluding hydrogens is 627 g/mol. The van der Waals surface area contributed by atoms with Crippen molar-refractivity contribution >= 4 is 51.0 Å². The van der Waals surface area contributed by atoms with Crippen LogP contribution in [0.2, 0.25) is 10.0 Å². The summed E-state index contributed by atoms with van der Waals surface area (Å²) in [5.41, 5.74) is 1.52. The predicted molar refractivity (Wildman–Crippen MR) is 173 cm³/mol. The van der Waals surface area contributed by atoms with Crippen molar-refractivity contribution in [1.82, 2.24) is 14.9 Å². The number of carbonyl (C=O) groups is 2. The molecule has 3 rings (SSSR count). The lowest BCUT2D eigenvalue weighted by Gasteiger charge is -2.28. The molecule has 0 saturated carbocycles. The maximum absolute atomic E-state index is 13.1. The zero-order valence-electron chi connectivity index (χ0n) is 24.7. The maximum Gasteiger partial charge on any atom is 0.412 e. The van der Waals surface area contributed by atoms with Gasteiger partial charge in [0.15, 0.2) is 0 Å². The smallest absolute Gasteiger partial charge is 0.412 e. The Hall–Kier alpha value is -3.35. The van der Waals surface area contributed by atoms with Crippen LogP contribution in [-0.4, -0.2) is 63.8 Å². The monoisotopic (exact) mass is 664 g/mol. The summed E-state index contributed by atoms with van der Waals surface area (Å²) in [6.07, 6.45) is -0.564. The number of rotatable bonds is 16. The second-order valence-electron chi connectivity index (χ2n) is 10.2. The first-order valence-electron chi connectivity index (χ1n) is 14.2. The number of unbranched alkanes of at least 4 members (excludes halogenated alkanes) is 1. The number of carbonyl (C=O) groups excluding carboxylic acids is 2. The van der Waals surface area contributed by atoms with Crippen molar-refractivity contribution < 1.29 is 27.5 Å². The molecule has 0 saturated heterocycles. The van der Waals surface area contributed by atoms with E-state index in [1.807, 2.05) is 50.2 Å². The van der Waals surface area contributed by atoms with E-state index < -0.39 is 22.2 Å². The van der Waals surface area contributed by atoms with Crippen LogP contribution in [0.5, 0.6) is 0 Å². The molecule has 0 aromatic heterocycles. The molecule has 0 fully saturated rings. The van der Waals surface area contributed by atoms with Crippen LogP contribution in [0, 0.1) is 0 Å². The molecule has 0 unspecified atom stereocenters. The summed E-state index contributed by atoms with van der Waals surface area (Å²) in [6, 6.07) is 22.2. The number of anilines is 1. The first-order valence-corrected chi connectivity index (χ1v) is 16.4. The third-order valence-electron chi connectivity index (χ3n) is 6.16. The molecule has 0 aliphatic carbocycles. The molecule has 0 bridgehead atoms. The summed E-state index contributed by atoms with van der Waals surface area (Å²) >= 11 is 11.9. The van der Waals surface area contributed by atoms with E-state index in [1.54, 1.807) is 24.3 Å². The van der Waals surface area contributed by atoms with Crippen molar-refractivity contribution in [2.75, 3.05) is 31.6 Å². The van der Waals surface area contributed by atoms with Crippen LogP contribution >= 0.6 is 23.2 Å². The normalized spacial score (nSPS) is 12.0. The topological polar surface area (TPSA) is 126 Å². The van der Waals surface area contributed by atoms with Gasteiger partial charge in [0, 0.05) is 29.8 Å². The fraction of sp³-hybridized carbons (Fsp3) is 0.355. The molecule has 0 aliphatic rings. The summed E-state index contributed by atoms with van der Waals surface area (Å²) in [6.45, 7) is 4.50. The van der Waals surface area contributed by atoms with Crippen LogP contribution in [-0.2, 0) is 26.1 Å². The number of benzene rings is 3. The Balaban J connectivity index is 1.62. The van der Waals surface area contributed by atoms with Crippen molar-refractivity contribution in [2.24, 2.45) is 0 Å². The van der Waals surface area contributed by atoms with Gasteiger partial charge in [0.05, 0.1) is 24.8 Å². The molecule has 10 nitrogen and oxygen atoms in total. The molecule has 1 atom stereocenters. The molecule has 3 amide bonds. The SMILES string of the molecule is CC(C)NC(=O)N(CCCCNS(=O)(=O)c1ccc(Cl)cc1Cl)C[C@H](COCc1ccccc1)OC(=O)Nc1ccccc1. The number of hydrogen-bond acceptors (Lipinski definition) is 6. The second-order valence-corrected chi connectivity index (χ2v) is 12.8. The molecule has 3 aromatic rings. The summed E-state index contributed by atoms with van der Waals surface area (Å²) in [5, 5.41) is 5.92.